The molecule has 2 radical (unpaired) electrons. The molecule has 2 aromatic heterocycles. The minimum atomic E-state index is 1.31. The van der Waals surface area contributed by atoms with Crippen LogP contribution in [0.1, 0.15) is 11.1 Å². The Kier molecular flexibility index (Phi) is 4.05. The SMILES string of the molecule is Cc1c[c]sc1.Cc1c[c]sc1. The molecule has 2 heterocycles. The topological polar surface area (TPSA) is 0 Å². The zero-order valence-corrected chi connectivity index (χ0v) is 8.76. The Bertz CT molecular complexity index is 247. The lowest BCUT2D eigenvalue weighted by Gasteiger charge is -1.65. The molecule has 2 aromatic rings. The van der Waals surface area contributed by atoms with Gasteiger partial charge in [0.15, 0.2) is 0 Å². The standard InChI is InChI=1S/2C5H5S/c2*1-5-2-3-6-4-5/h2*2,4H,1H3. The van der Waals surface area contributed by atoms with Gasteiger partial charge in [-0.25, -0.2) is 0 Å². The van der Waals surface area contributed by atoms with E-state index in [0.29, 0.717) is 0 Å². The molecule has 0 fully saturated rings. The van der Waals surface area contributed by atoms with Gasteiger partial charge >= 0.3 is 0 Å². The largest absolute Gasteiger partial charge is 0.143 e. The van der Waals surface area contributed by atoms with Gasteiger partial charge in [0.25, 0.3) is 0 Å². The van der Waals surface area contributed by atoms with Gasteiger partial charge in [0.1, 0.15) is 0 Å². The van der Waals surface area contributed by atoms with Crippen LogP contribution in [0.3, 0.4) is 0 Å². The summed E-state index contributed by atoms with van der Waals surface area (Å²) in [6.07, 6.45) is 0. The molecule has 2 rings (SSSR count). The molecular weight excluding hydrogens is 184 g/mol. The van der Waals surface area contributed by atoms with Crippen molar-refractivity contribution >= 4 is 22.7 Å². The first-order valence-corrected chi connectivity index (χ1v) is 5.37. The fourth-order valence-corrected chi connectivity index (χ4v) is 1.73. The number of hydrogen-bond donors (Lipinski definition) is 0. The second kappa shape index (κ2) is 5.12. The molecule has 62 valence electrons. The summed E-state index contributed by atoms with van der Waals surface area (Å²) < 4.78 is 0. The zero-order chi connectivity index (χ0) is 8.81. The van der Waals surface area contributed by atoms with E-state index < -0.39 is 0 Å². The molecule has 0 bridgehead atoms. The Labute approximate surface area is 81.5 Å². The monoisotopic (exact) mass is 194 g/mol. The van der Waals surface area contributed by atoms with Crippen molar-refractivity contribution in [2.24, 2.45) is 0 Å². The van der Waals surface area contributed by atoms with Crippen molar-refractivity contribution in [2.75, 3.05) is 0 Å². The van der Waals surface area contributed by atoms with Crippen LogP contribution < -0.4 is 0 Å². The molecule has 0 atom stereocenters. The van der Waals surface area contributed by atoms with E-state index in [1.54, 1.807) is 22.7 Å². The second-order valence-electron chi connectivity index (χ2n) is 2.48. The van der Waals surface area contributed by atoms with Crippen LogP contribution in [-0.4, -0.2) is 0 Å². The van der Waals surface area contributed by atoms with Crippen molar-refractivity contribution in [1.82, 2.24) is 0 Å². The molecule has 0 aliphatic rings. The lowest BCUT2D eigenvalue weighted by atomic mass is 10.4. The van der Waals surface area contributed by atoms with E-state index in [0.717, 1.165) is 0 Å². The lowest BCUT2D eigenvalue weighted by Crippen LogP contribution is -1.48. The van der Waals surface area contributed by atoms with Crippen molar-refractivity contribution in [3.63, 3.8) is 0 Å². The molecule has 0 N–H and O–H groups in total. The molecule has 0 saturated heterocycles. The van der Waals surface area contributed by atoms with E-state index in [4.69, 9.17) is 0 Å². The minimum Gasteiger partial charge on any atom is -0.143 e. The molecule has 0 aromatic carbocycles. The molecule has 0 amide bonds. The zero-order valence-electron chi connectivity index (χ0n) is 7.13. The number of hydrogen-bond acceptors (Lipinski definition) is 2. The highest BCUT2D eigenvalue weighted by atomic mass is 32.1. The maximum Gasteiger partial charge on any atom is 0.0445 e. The molecule has 0 nitrogen and oxygen atoms in total. The van der Waals surface area contributed by atoms with Crippen LogP contribution in [0.4, 0.5) is 0 Å². The number of rotatable bonds is 0. The second-order valence-corrected chi connectivity index (χ2v) is 3.90. The van der Waals surface area contributed by atoms with Crippen molar-refractivity contribution < 1.29 is 0 Å². The van der Waals surface area contributed by atoms with Gasteiger partial charge < -0.3 is 0 Å². The van der Waals surface area contributed by atoms with Crippen molar-refractivity contribution in [3.8, 4) is 0 Å². The van der Waals surface area contributed by atoms with E-state index in [9.17, 15) is 0 Å². The molecule has 0 aliphatic carbocycles. The van der Waals surface area contributed by atoms with Crippen molar-refractivity contribution in [3.05, 3.63) is 44.8 Å². The van der Waals surface area contributed by atoms with Gasteiger partial charge in [-0.15, -0.1) is 22.7 Å². The van der Waals surface area contributed by atoms with E-state index >= 15 is 0 Å². The van der Waals surface area contributed by atoms with E-state index in [1.807, 2.05) is 12.1 Å². The van der Waals surface area contributed by atoms with Gasteiger partial charge in [-0.3, -0.25) is 0 Å². The fourth-order valence-electron chi connectivity index (χ4n) is 0.576. The summed E-state index contributed by atoms with van der Waals surface area (Å²) in [5, 5.41) is 10.1. The number of thiophene rings is 2. The van der Waals surface area contributed by atoms with E-state index in [2.05, 4.69) is 35.4 Å². The summed E-state index contributed by atoms with van der Waals surface area (Å²) >= 11 is 3.23. The van der Waals surface area contributed by atoms with Gasteiger partial charge in [0.2, 0.25) is 0 Å². The van der Waals surface area contributed by atoms with Crippen molar-refractivity contribution in [2.45, 2.75) is 13.8 Å². The van der Waals surface area contributed by atoms with Crippen LogP contribution in [0, 0.1) is 24.6 Å². The normalized spacial score (nSPS) is 8.83. The predicted molar refractivity (Wildman–Crippen MR) is 55.8 cm³/mol. The molecule has 0 spiro atoms. The van der Waals surface area contributed by atoms with Crippen LogP contribution in [-0.2, 0) is 0 Å². The van der Waals surface area contributed by atoms with E-state index in [-0.39, 0.29) is 0 Å². The van der Waals surface area contributed by atoms with Crippen LogP contribution >= 0.6 is 22.7 Å². The van der Waals surface area contributed by atoms with Crippen molar-refractivity contribution in [1.29, 1.82) is 0 Å². The minimum absolute atomic E-state index is 1.31. The highest BCUT2D eigenvalue weighted by Gasteiger charge is 1.76. The molecule has 0 aliphatic heterocycles. The fraction of sp³-hybridized carbons (Fsp3) is 0.200. The van der Waals surface area contributed by atoms with Gasteiger partial charge in [0.05, 0.1) is 0 Å². The third kappa shape index (κ3) is 3.69. The molecule has 0 unspecified atom stereocenters. The molecule has 12 heavy (non-hydrogen) atoms. The van der Waals surface area contributed by atoms with Gasteiger partial charge in [-0.1, -0.05) is 0 Å². The van der Waals surface area contributed by atoms with Gasteiger partial charge in [-0.2, -0.15) is 0 Å². The Morgan fingerprint density at radius 2 is 1.33 bits per heavy atom. The lowest BCUT2D eigenvalue weighted by molar-refractivity contribution is 1.56. The van der Waals surface area contributed by atoms with Crippen LogP contribution in [0.15, 0.2) is 22.9 Å². The summed E-state index contributed by atoms with van der Waals surface area (Å²) in [5.74, 6) is 0. The third-order valence-corrected chi connectivity index (χ3v) is 2.69. The Morgan fingerprint density at radius 1 is 0.917 bits per heavy atom. The maximum atomic E-state index is 2.97. The summed E-state index contributed by atoms with van der Waals surface area (Å²) in [7, 11) is 0. The molecule has 0 saturated carbocycles. The van der Waals surface area contributed by atoms with E-state index in [1.165, 1.54) is 11.1 Å². The highest BCUT2D eigenvalue weighted by molar-refractivity contribution is 7.07. The average Bonchev–Trinajstić information content (AvgIpc) is 2.63. The summed E-state index contributed by atoms with van der Waals surface area (Å²) in [6.45, 7) is 4.12. The maximum absolute atomic E-state index is 2.97. The Hall–Kier alpha value is -0.600. The quantitative estimate of drug-likeness (QED) is 0.599. The summed E-state index contributed by atoms with van der Waals surface area (Å²) in [4.78, 5) is 0. The highest BCUT2D eigenvalue weighted by Crippen LogP contribution is 2.00. The first-order valence-electron chi connectivity index (χ1n) is 3.61. The third-order valence-electron chi connectivity index (χ3n) is 1.20. The molecule has 2 heteroatoms. The Balaban J connectivity index is 0.000000120. The van der Waals surface area contributed by atoms with Crippen LogP contribution in [0.5, 0.6) is 0 Å². The van der Waals surface area contributed by atoms with Gasteiger partial charge in [-0.05, 0) is 47.9 Å². The smallest absolute Gasteiger partial charge is 0.0445 e. The first-order chi connectivity index (χ1) is 5.79. The summed E-state index contributed by atoms with van der Waals surface area (Å²) in [5.41, 5.74) is 2.61. The van der Waals surface area contributed by atoms with Gasteiger partial charge in [0, 0.05) is 10.8 Å². The first kappa shape index (κ1) is 9.49. The Morgan fingerprint density at radius 3 is 1.42 bits per heavy atom. The van der Waals surface area contributed by atoms with Crippen LogP contribution in [0.2, 0.25) is 0 Å². The van der Waals surface area contributed by atoms with Crippen LogP contribution in [0.25, 0.3) is 0 Å². The molecular formula is C10H10S2. The average molecular weight is 194 g/mol. The predicted octanol–water partition coefficient (Wildman–Crippen LogP) is 3.71. The summed E-state index contributed by atoms with van der Waals surface area (Å²) in [6, 6.07) is 3.95. The number of aryl methyl sites for hydroxylation is 2.